The van der Waals surface area contributed by atoms with Crippen molar-refractivity contribution in [1.82, 2.24) is 0 Å². The Morgan fingerprint density at radius 1 is 1.27 bits per heavy atom. The fourth-order valence-electron chi connectivity index (χ4n) is 2.50. The number of rotatable bonds is 1. The molecule has 1 unspecified atom stereocenters. The molecule has 1 fully saturated rings. The van der Waals surface area contributed by atoms with Gasteiger partial charge in [-0.1, -0.05) is 17.7 Å². The fraction of sp³-hybridized carbons (Fsp3) is 0.643. The standard InChI is InChI=1S/C14H20O/c1-11-6-8-12(9-7-11)10-13-4-2-3-5-14(13)15/h6,10,12H,2-5,7-9H2,1H3. The predicted molar refractivity (Wildman–Crippen MR) is 62.7 cm³/mol. The highest BCUT2D eigenvalue weighted by atomic mass is 16.1. The number of hydrogen-bond acceptors (Lipinski definition) is 1. The van der Waals surface area contributed by atoms with Gasteiger partial charge in [-0.25, -0.2) is 0 Å². The Kier molecular flexibility index (Phi) is 3.40. The molecule has 0 aromatic heterocycles. The summed E-state index contributed by atoms with van der Waals surface area (Å²) >= 11 is 0. The summed E-state index contributed by atoms with van der Waals surface area (Å²) in [5.74, 6) is 1.04. The normalized spacial score (nSPS) is 30.5. The molecule has 0 spiro atoms. The molecule has 1 saturated carbocycles. The first-order valence-corrected chi connectivity index (χ1v) is 6.15. The third-order valence-electron chi connectivity index (χ3n) is 3.57. The fourth-order valence-corrected chi connectivity index (χ4v) is 2.50. The highest BCUT2D eigenvalue weighted by molar-refractivity contribution is 5.95. The van der Waals surface area contributed by atoms with Gasteiger partial charge in [-0.2, -0.15) is 0 Å². The van der Waals surface area contributed by atoms with Crippen LogP contribution in [0, 0.1) is 5.92 Å². The maximum absolute atomic E-state index is 11.6. The van der Waals surface area contributed by atoms with Gasteiger partial charge in [0.05, 0.1) is 0 Å². The Hall–Kier alpha value is -0.850. The first-order valence-electron chi connectivity index (χ1n) is 6.15. The third kappa shape index (κ3) is 2.80. The second-order valence-electron chi connectivity index (χ2n) is 4.91. The van der Waals surface area contributed by atoms with Gasteiger partial charge in [-0.15, -0.1) is 0 Å². The molecule has 0 aliphatic heterocycles. The van der Waals surface area contributed by atoms with Gasteiger partial charge in [0.25, 0.3) is 0 Å². The topological polar surface area (TPSA) is 17.1 Å². The van der Waals surface area contributed by atoms with Gasteiger partial charge in [0.1, 0.15) is 0 Å². The first kappa shape index (κ1) is 10.7. The van der Waals surface area contributed by atoms with E-state index in [1.54, 1.807) is 0 Å². The van der Waals surface area contributed by atoms with E-state index >= 15 is 0 Å². The summed E-state index contributed by atoms with van der Waals surface area (Å²) in [6, 6.07) is 0. The first-order chi connectivity index (χ1) is 7.25. The number of hydrogen-bond donors (Lipinski definition) is 0. The second kappa shape index (κ2) is 4.78. The smallest absolute Gasteiger partial charge is 0.158 e. The number of carbonyl (C=O) groups excluding carboxylic acids is 1. The number of carbonyl (C=O) groups is 1. The molecule has 0 heterocycles. The Morgan fingerprint density at radius 3 is 2.73 bits per heavy atom. The van der Waals surface area contributed by atoms with Gasteiger partial charge in [0.2, 0.25) is 0 Å². The summed E-state index contributed by atoms with van der Waals surface area (Å²) < 4.78 is 0. The van der Waals surface area contributed by atoms with Crippen LogP contribution in [0.1, 0.15) is 51.9 Å². The molecule has 0 aromatic rings. The van der Waals surface area contributed by atoms with Crippen LogP contribution in [-0.2, 0) is 4.79 Å². The number of ketones is 1. The van der Waals surface area contributed by atoms with Crippen molar-refractivity contribution in [2.24, 2.45) is 5.92 Å². The van der Waals surface area contributed by atoms with E-state index in [2.05, 4.69) is 19.1 Å². The summed E-state index contributed by atoms with van der Waals surface area (Å²) in [4.78, 5) is 11.6. The van der Waals surface area contributed by atoms with Crippen LogP contribution in [0.25, 0.3) is 0 Å². The lowest BCUT2D eigenvalue weighted by Gasteiger charge is -2.20. The van der Waals surface area contributed by atoms with Crippen molar-refractivity contribution in [3.8, 4) is 0 Å². The van der Waals surface area contributed by atoms with Crippen molar-refractivity contribution in [3.63, 3.8) is 0 Å². The minimum atomic E-state index is 0.410. The van der Waals surface area contributed by atoms with Crippen molar-refractivity contribution in [2.45, 2.75) is 51.9 Å². The number of allylic oxidation sites excluding steroid dienone is 4. The molecule has 0 radical (unpaired) electrons. The molecule has 2 rings (SSSR count). The average Bonchev–Trinajstić information content (AvgIpc) is 2.25. The maximum Gasteiger partial charge on any atom is 0.158 e. The van der Waals surface area contributed by atoms with Gasteiger partial charge in [0.15, 0.2) is 5.78 Å². The zero-order valence-electron chi connectivity index (χ0n) is 9.59. The molecule has 0 saturated heterocycles. The second-order valence-corrected chi connectivity index (χ2v) is 4.91. The van der Waals surface area contributed by atoms with E-state index in [4.69, 9.17) is 0 Å². The Bertz CT molecular complexity index is 309. The van der Waals surface area contributed by atoms with Crippen molar-refractivity contribution >= 4 is 5.78 Å². The quantitative estimate of drug-likeness (QED) is 0.469. The molecule has 2 aliphatic rings. The molecule has 1 atom stereocenters. The Balaban J connectivity index is 2.00. The van der Waals surface area contributed by atoms with Gasteiger partial charge in [-0.05, 0) is 56.9 Å². The van der Waals surface area contributed by atoms with Crippen LogP contribution in [0.5, 0.6) is 0 Å². The zero-order chi connectivity index (χ0) is 10.7. The molecule has 0 amide bonds. The maximum atomic E-state index is 11.6. The molecule has 0 N–H and O–H groups in total. The average molecular weight is 204 g/mol. The number of Topliss-reactive ketones (excluding diaryl/α,β-unsaturated/α-hetero) is 1. The van der Waals surface area contributed by atoms with E-state index in [1.807, 2.05) is 0 Å². The van der Waals surface area contributed by atoms with Crippen molar-refractivity contribution in [1.29, 1.82) is 0 Å². The van der Waals surface area contributed by atoms with Crippen LogP contribution in [0.3, 0.4) is 0 Å². The van der Waals surface area contributed by atoms with Crippen LogP contribution in [0.15, 0.2) is 23.3 Å². The Morgan fingerprint density at radius 2 is 2.07 bits per heavy atom. The molecule has 2 aliphatic carbocycles. The molecule has 0 aromatic carbocycles. The molecule has 0 bridgehead atoms. The molecule has 15 heavy (non-hydrogen) atoms. The van der Waals surface area contributed by atoms with Gasteiger partial charge in [-0.3, -0.25) is 4.79 Å². The predicted octanol–water partition coefficient (Wildman–Crippen LogP) is 3.80. The summed E-state index contributed by atoms with van der Waals surface area (Å²) in [6.07, 6.45) is 12.3. The molecular weight excluding hydrogens is 184 g/mol. The summed E-state index contributed by atoms with van der Waals surface area (Å²) in [7, 11) is 0. The lowest BCUT2D eigenvalue weighted by molar-refractivity contribution is -0.116. The van der Waals surface area contributed by atoms with Crippen LogP contribution in [0.2, 0.25) is 0 Å². The van der Waals surface area contributed by atoms with Crippen LogP contribution in [0.4, 0.5) is 0 Å². The molecule has 1 heteroatoms. The van der Waals surface area contributed by atoms with Gasteiger partial charge >= 0.3 is 0 Å². The highest BCUT2D eigenvalue weighted by Crippen LogP contribution is 2.28. The van der Waals surface area contributed by atoms with Crippen molar-refractivity contribution in [3.05, 3.63) is 23.3 Å². The Labute approximate surface area is 92.3 Å². The van der Waals surface area contributed by atoms with E-state index in [0.717, 1.165) is 31.3 Å². The lowest BCUT2D eigenvalue weighted by Crippen LogP contribution is -2.11. The van der Waals surface area contributed by atoms with Gasteiger partial charge in [0, 0.05) is 6.42 Å². The summed E-state index contributed by atoms with van der Waals surface area (Å²) in [5, 5.41) is 0. The molecule has 1 nitrogen and oxygen atoms in total. The van der Waals surface area contributed by atoms with Crippen LogP contribution >= 0.6 is 0 Å². The van der Waals surface area contributed by atoms with Crippen LogP contribution < -0.4 is 0 Å². The van der Waals surface area contributed by atoms with E-state index < -0.39 is 0 Å². The minimum absolute atomic E-state index is 0.410. The van der Waals surface area contributed by atoms with E-state index in [-0.39, 0.29) is 0 Å². The van der Waals surface area contributed by atoms with E-state index in [0.29, 0.717) is 11.7 Å². The highest BCUT2D eigenvalue weighted by Gasteiger charge is 2.17. The SMILES string of the molecule is CC1=CCC(C=C2CCCCC2=O)CC1. The van der Waals surface area contributed by atoms with Crippen molar-refractivity contribution in [2.75, 3.05) is 0 Å². The molecular formula is C14H20O. The minimum Gasteiger partial charge on any atom is -0.295 e. The lowest BCUT2D eigenvalue weighted by atomic mass is 9.85. The van der Waals surface area contributed by atoms with Gasteiger partial charge < -0.3 is 0 Å². The largest absolute Gasteiger partial charge is 0.295 e. The molecule has 82 valence electrons. The zero-order valence-corrected chi connectivity index (χ0v) is 9.59. The van der Waals surface area contributed by atoms with Crippen molar-refractivity contribution < 1.29 is 4.79 Å². The summed E-state index contributed by atoms with van der Waals surface area (Å²) in [6.45, 7) is 2.20. The third-order valence-corrected chi connectivity index (χ3v) is 3.57. The monoisotopic (exact) mass is 204 g/mol. The van der Waals surface area contributed by atoms with E-state index in [1.165, 1.54) is 24.8 Å². The van der Waals surface area contributed by atoms with Crippen LogP contribution in [-0.4, -0.2) is 5.78 Å². The summed E-state index contributed by atoms with van der Waals surface area (Å²) in [5.41, 5.74) is 2.64. The van der Waals surface area contributed by atoms with E-state index in [9.17, 15) is 4.79 Å².